The molecule has 5 unspecified atom stereocenters. The van der Waals surface area contributed by atoms with Crippen LogP contribution in [0.4, 0.5) is 0 Å². The van der Waals surface area contributed by atoms with Gasteiger partial charge in [-0.2, -0.15) is 0 Å². The van der Waals surface area contributed by atoms with Crippen molar-refractivity contribution >= 4 is 5.78 Å². The minimum absolute atomic E-state index is 0.416. The number of hydrogen-bond donors (Lipinski definition) is 8. The normalized spacial score (nSPS) is 38.9. The molecule has 0 aromatic heterocycles. The van der Waals surface area contributed by atoms with Gasteiger partial charge in [-0.15, -0.1) is 0 Å². The molecule has 0 aliphatic heterocycles. The summed E-state index contributed by atoms with van der Waals surface area (Å²) in [5.41, 5.74) is -0.855. The van der Waals surface area contributed by atoms with E-state index in [0.717, 1.165) is 6.08 Å². The molecule has 0 aromatic rings. The maximum atomic E-state index is 11.3. The van der Waals surface area contributed by atoms with Gasteiger partial charge in [-0.1, -0.05) is 0 Å². The molecular formula is C13H16O9. The summed E-state index contributed by atoms with van der Waals surface area (Å²) in [5.74, 6) is -4.07. The van der Waals surface area contributed by atoms with Gasteiger partial charge in [0.15, 0.2) is 5.76 Å². The van der Waals surface area contributed by atoms with Crippen LogP contribution in [-0.2, 0) is 4.79 Å². The fraction of sp³-hybridized carbons (Fsp3) is 0.462. The fourth-order valence-corrected chi connectivity index (χ4v) is 2.36. The van der Waals surface area contributed by atoms with Crippen LogP contribution >= 0.6 is 0 Å². The SMILES string of the molecule is O=C1C(O)=C(O)C(=C(O)C2=CC(O)C(O)C(O)C2O)CC1O. The van der Waals surface area contributed by atoms with Crippen LogP contribution < -0.4 is 0 Å². The smallest absolute Gasteiger partial charge is 0.229 e. The molecule has 0 saturated carbocycles. The average Bonchev–Trinajstić information content (AvgIpc) is 2.49. The van der Waals surface area contributed by atoms with Crippen LogP contribution in [0.25, 0.3) is 0 Å². The molecule has 2 rings (SSSR count). The van der Waals surface area contributed by atoms with Gasteiger partial charge in [0, 0.05) is 17.6 Å². The zero-order chi connectivity index (χ0) is 16.8. The van der Waals surface area contributed by atoms with Gasteiger partial charge in [0.1, 0.15) is 36.3 Å². The van der Waals surface area contributed by atoms with E-state index in [1.807, 2.05) is 0 Å². The molecule has 0 spiro atoms. The van der Waals surface area contributed by atoms with Gasteiger partial charge in [-0.25, -0.2) is 0 Å². The highest BCUT2D eigenvalue weighted by atomic mass is 16.4. The van der Waals surface area contributed by atoms with Crippen LogP contribution in [0.15, 0.2) is 34.5 Å². The van der Waals surface area contributed by atoms with Crippen molar-refractivity contribution < 1.29 is 45.6 Å². The maximum absolute atomic E-state index is 11.3. The van der Waals surface area contributed by atoms with Crippen LogP contribution in [0, 0.1) is 0 Å². The summed E-state index contributed by atoms with van der Waals surface area (Å²) < 4.78 is 0. The number of allylic oxidation sites excluding steroid dienone is 1. The minimum Gasteiger partial charge on any atom is -0.507 e. The third-order valence-electron chi connectivity index (χ3n) is 3.70. The lowest BCUT2D eigenvalue weighted by Gasteiger charge is -2.32. The van der Waals surface area contributed by atoms with Gasteiger partial charge in [0.25, 0.3) is 0 Å². The molecule has 22 heavy (non-hydrogen) atoms. The fourth-order valence-electron chi connectivity index (χ4n) is 2.36. The Balaban J connectivity index is 2.52. The standard InChI is InChI=1S/C13H16O9/c14-5-1-3(8(17)12(21)10(5)19)7(16)4-2-6(15)11(20)13(22)9(4)18/h1,5-6,8,10,12,14-19,21-22H,2H2. The first kappa shape index (κ1) is 16.5. The van der Waals surface area contributed by atoms with Crippen molar-refractivity contribution in [3.63, 3.8) is 0 Å². The number of carbonyl (C=O) groups excluding carboxylic acids is 1. The molecule has 2 aliphatic rings. The first-order valence-corrected chi connectivity index (χ1v) is 6.38. The number of aliphatic hydroxyl groups excluding tert-OH is 8. The van der Waals surface area contributed by atoms with Gasteiger partial charge in [0.2, 0.25) is 11.5 Å². The number of carbonyl (C=O) groups is 1. The molecule has 0 fully saturated rings. The molecule has 2 aliphatic carbocycles. The van der Waals surface area contributed by atoms with Crippen molar-refractivity contribution in [2.24, 2.45) is 0 Å². The monoisotopic (exact) mass is 316 g/mol. The summed E-state index contributed by atoms with van der Waals surface area (Å²) in [4.78, 5) is 11.3. The summed E-state index contributed by atoms with van der Waals surface area (Å²) in [5, 5.41) is 77.0. The number of rotatable bonds is 1. The van der Waals surface area contributed by atoms with Crippen molar-refractivity contribution in [3.8, 4) is 0 Å². The van der Waals surface area contributed by atoms with Crippen LogP contribution in [0.5, 0.6) is 0 Å². The summed E-state index contributed by atoms with van der Waals surface area (Å²) in [6.07, 6.45) is -8.23. The summed E-state index contributed by atoms with van der Waals surface area (Å²) in [6, 6.07) is 0. The summed E-state index contributed by atoms with van der Waals surface area (Å²) >= 11 is 0. The van der Waals surface area contributed by atoms with Gasteiger partial charge < -0.3 is 40.9 Å². The highest BCUT2D eigenvalue weighted by molar-refractivity contribution is 5.99. The zero-order valence-electron chi connectivity index (χ0n) is 11.2. The van der Waals surface area contributed by atoms with Crippen molar-refractivity contribution in [1.29, 1.82) is 0 Å². The largest absolute Gasteiger partial charge is 0.507 e. The van der Waals surface area contributed by atoms with E-state index < -0.39 is 71.1 Å². The second-order valence-corrected chi connectivity index (χ2v) is 5.15. The third-order valence-corrected chi connectivity index (χ3v) is 3.70. The Morgan fingerprint density at radius 1 is 1.00 bits per heavy atom. The van der Waals surface area contributed by atoms with E-state index in [2.05, 4.69) is 0 Å². The van der Waals surface area contributed by atoms with Gasteiger partial charge in [-0.3, -0.25) is 4.79 Å². The molecule has 0 saturated heterocycles. The molecule has 0 amide bonds. The second-order valence-electron chi connectivity index (χ2n) is 5.15. The van der Waals surface area contributed by atoms with Crippen LogP contribution in [0.1, 0.15) is 6.42 Å². The minimum atomic E-state index is -1.80. The first-order chi connectivity index (χ1) is 10.2. The molecule has 0 heterocycles. The topological polar surface area (TPSA) is 179 Å². The maximum Gasteiger partial charge on any atom is 0.229 e. The number of aliphatic hydroxyl groups is 8. The van der Waals surface area contributed by atoms with Gasteiger partial charge >= 0.3 is 0 Å². The van der Waals surface area contributed by atoms with E-state index in [-0.39, 0.29) is 0 Å². The predicted octanol–water partition coefficient (Wildman–Crippen LogP) is -2.16. The number of hydrogen-bond acceptors (Lipinski definition) is 9. The molecular weight excluding hydrogens is 300 g/mol. The van der Waals surface area contributed by atoms with E-state index in [0.29, 0.717) is 0 Å². The molecule has 9 heteroatoms. The van der Waals surface area contributed by atoms with Crippen molar-refractivity contribution in [3.05, 3.63) is 34.5 Å². The number of Topliss-reactive ketones (excluding diaryl/α,β-unsaturated/α-hetero) is 1. The van der Waals surface area contributed by atoms with Gasteiger partial charge in [-0.05, 0) is 6.08 Å². The Morgan fingerprint density at radius 3 is 2.18 bits per heavy atom. The van der Waals surface area contributed by atoms with Crippen molar-refractivity contribution in [1.82, 2.24) is 0 Å². The Kier molecular flexibility index (Phi) is 4.27. The van der Waals surface area contributed by atoms with Crippen LogP contribution in [0.2, 0.25) is 0 Å². The zero-order valence-corrected chi connectivity index (χ0v) is 11.2. The Bertz CT molecular complexity index is 588. The molecule has 5 atom stereocenters. The van der Waals surface area contributed by atoms with E-state index in [1.54, 1.807) is 0 Å². The summed E-state index contributed by atoms with van der Waals surface area (Å²) in [7, 11) is 0. The highest BCUT2D eigenvalue weighted by Gasteiger charge is 2.40. The quantitative estimate of drug-likeness (QED) is 0.250. The lowest BCUT2D eigenvalue weighted by atomic mass is 9.85. The lowest BCUT2D eigenvalue weighted by Crippen LogP contribution is -2.48. The second kappa shape index (κ2) is 5.71. The van der Waals surface area contributed by atoms with Crippen LogP contribution in [-0.4, -0.2) is 77.2 Å². The molecule has 0 bridgehead atoms. The number of ketones is 1. The Labute approximate surface area is 124 Å². The highest BCUT2D eigenvalue weighted by Crippen LogP contribution is 2.33. The van der Waals surface area contributed by atoms with Gasteiger partial charge in [0.05, 0.1) is 0 Å². The van der Waals surface area contributed by atoms with Crippen LogP contribution in [0.3, 0.4) is 0 Å². The van der Waals surface area contributed by atoms with Crippen molar-refractivity contribution in [2.45, 2.75) is 36.9 Å². The average molecular weight is 316 g/mol. The Morgan fingerprint density at radius 2 is 1.59 bits per heavy atom. The molecule has 9 nitrogen and oxygen atoms in total. The summed E-state index contributed by atoms with van der Waals surface area (Å²) in [6.45, 7) is 0. The lowest BCUT2D eigenvalue weighted by molar-refractivity contribution is -0.126. The van der Waals surface area contributed by atoms with E-state index >= 15 is 0 Å². The molecule has 122 valence electrons. The van der Waals surface area contributed by atoms with E-state index in [9.17, 15) is 45.6 Å². The molecule has 0 aromatic carbocycles. The first-order valence-electron chi connectivity index (χ1n) is 6.38. The molecule has 0 radical (unpaired) electrons. The van der Waals surface area contributed by atoms with E-state index in [4.69, 9.17) is 0 Å². The third kappa shape index (κ3) is 2.49. The van der Waals surface area contributed by atoms with Crippen molar-refractivity contribution in [2.75, 3.05) is 0 Å². The Hall–Kier alpha value is -1.91. The van der Waals surface area contributed by atoms with E-state index in [1.165, 1.54) is 0 Å². The predicted molar refractivity (Wildman–Crippen MR) is 69.7 cm³/mol. The molecule has 8 N–H and O–H groups in total.